The molecule has 4 saturated carbocycles. The van der Waals surface area contributed by atoms with Gasteiger partial charge in [0.15, 0.2) is 0 Å². The topological polar surface area (TPSA) is 37.3 Å². The molecule has 4 unspecified atom stereocenters. The van der Waals surface area contributed by atoms with Crippen molar-refractivity contribution in [2.24, 2.45) is 45.3 Å². The molecule has 0 aliphatic heterocycles. The Hall–Kier alpha value is -0.630. The maximum Gasteiger partial charge on any atom is 0.138 e. The highest BCUT2D eigenvalue weighted by Gasteiger charge is 2.69. The van der Waals surface area contributed by atoms with Crippen molar-refractivity contribution in [1.82, 2.24) is 0 Å². The SMILES string of the molecule is CC(C)=CCCC(C)(O)[C@H]1CC[C@]2(C)C1CCC1[C@@]3(C)CCC(=O)C(C)(C)C3CC[C@]12C. The summed E-state index contributed by atoms with van der Waals surface area (Å²) >= 11 is 0. The lowest BCUT2D eigenvalue weighted by Crippen LogP contribution is -2.63. The van der Waals surface area contributed by atoms with Crippen LogP contribution in [0.1, 0.15) is 120 Å². The molecule has 0 aromatic heterocycles. The number of ketones is 1. The Kier molecular flexibility index (Phi) is 5.89. The maximum absolute atomic E-state index is 12.8. The van der Waals surface area contributed by atoms with Gasteiger partial charge in [-0.05, 0) is 118 Å². The largest absolute Gasteiger partial charge is 0.390 e. The van der Waals surface area contributed by atoms with Gasteiger partial charge in [0.05, 0.1) is 5.60 Å². The van der Waals surface area contributed by atoms with Gasteiger partial charge in [-0.25, -0.2) is 0 Å². The first-order valence-corrected chi connectivity index (χ1v) is 13.6. The summed E-state index contributed by atoms with van der Waals surface area (Å²) in [6, 6.07) is 0. The van der Waals surface area contributed by atoms with Crippen molar-refractivity contribution in [2.75, 3.05) is 0 Å². The van der Waals surface area contributed by atoms with Crippen molar-refractivity contribution in [3.05, 3.63) is 11.6 Å². The summed E-state index contributed by atoms with van der Waals surface area (Å²) < 4.78 is 0. The highest BCUT2D eigenvalue weighted by molar-refractivity contribution is 5.85. The molecule has 4 aliphatic rings. The fourth-order valence-corrected chi connectivity index (χ4v) is 10.1. The molecule has 0 aromatic rings. The molecule has 0 spiro atoms. The van der Waals surface area contributed by atoms with E-state index in [2.05, 4.69) is 61.5 Å². The van der Waals surface area contributed by atoms with E-state index in [9.17, 15) is 9.90 Å². The van der Waals surface area contributed by atoms with Gasteiger partial charge in [0.2, 0.25) is 0 Å². The highest BCUT2D eigenvalue weighted by atomic mass is 16.3. The molecule has 2 nitrogen and oxygen atoms in total. The number of carbonyl (C=O) groups excluding carboxylic acids is 1. The minimum Gasteiger partial charge on any atom is -0.390 e. The van der Waals surface area contributed by atoms with Crippen LogP contribution in [0.3, 0.4) is 0 Å². The maximum atomic E-state index is 12.8. The first-order chi connectivity index (χ1) is 14.7. The Morgan fingerprint density at radius 1 is 0.969 bits per heavy atom. The predicted molar refractivity (Wildman–Crippen MR) is 133 cm³/mol. The van der Waals surface area contributed by atoms with Crippen LogP contribution in [0.5, 0.6) is 0 Å². The Morgan fingerprint density at radius 3 is 2.28 bits per heavy atom. The van der Waals surface area contributed by atoms with Crippen LogP contribution < -0.4 is 0 Å². The van der Waals surface area contributed by atoms with Crippen molar-refractivity contribution >= 4 is 5.78 Å². The zero-order chi connectivity index (χ0) is 23.7. The van der Waals surface area contributed by atoms with Crippen LogP contribution in [0.15, 0.2) is 11.6 Å². The van der Waals surface area contributed by atoms with E-state index in [4.69, 9.17) is 0 Å². The number of hydrogen-bond acceptors (Lipinski definition) is 2. The number of hydrogen-bond donors (Lipinski definition) is 1. The summed E-state index contributed by atoms with van der Waals surface area (Å²) in [5, 5.41) is 11.6. The van der Waals surface area contributed by atoms with Gasteiger partial charge in [0, 0.05) is 11.8 Å². The molecule has 0 heterocycles. The molecule has 0 aromatic carbocycles. The Labute approximate surface area is 198 Å². The zero-order valence-electron chi connectivity index (χ0n) is 22.3. The quantitative estimate of drug-likeness (QED) is 0.452. The molecule has 0 bridgehead atoms. The summed E-state index contributed by atoms with van der Waals surface area (Å²) in [7, 11) is 0. The molecule has 2 heteroatoms. The van der Waals surface area contributed by atoms with Gasteiger partial charge in [0.1, 0.15) is 5.78 Å². The average Bonchev–Trinajstić information content (AvgIpc) is 3.04. The van der Waals surface area contributed by atoms with E-state index in [0.717, 1.165) is 25.7 Å². The Bertz CT molecular complexity index is 787. The van der Waals surface area contributed by atoms with Crippen LogP contribution in [0.2, 0.25) is 0 Å². The van der Waals surface area contributed by atoms with Gasteiger partial charge < -0.3 is 5.11 Å². The first-order valence-electron chi connectivity index (χ1n) is 13.6. The van der Waals surface area contributed by atoms with Crippen LogP contribution in [-0.4, -0.2) is 16.5 Å². The molecule has 4 fully saturated rings. The summed E-state index contributed by atoms with van der Waals surface area (Å²) in [4.78, 5) is 12.8. The van der Waals surface area contributed by atoms with E-state index in [1.54, 1.807) is 0 Å². The molecule has 4 aliphatic carbocycles. The van der Waals surface area contributed by atoms with Gasteiger partial charge in [0.25, 0.3) is 0 Å². The summed E-state index contributed by atoms with van der Waals surface area (Å²) in [6.07, 6.45) is 13.5. The third-order valence-corrected chi connectivity index (χ3v) is 12.1. The van der Waals surface area contributed by atoms with Gasteiger partial charge in [-0.2, -0.15) is 0 Å². The number of carbonyl (C=O) groups is 1. The van der Waals surface area contributed by atoms with Crippen molar-refractivity contribution in [3.63, 3.8) is 0 Å². The van der Waals surface area contributed by atoms with E-state index in [-0.39, 0.29) is 10.8 Å². The van der Waals surface area contributed by atoms with Crippen LogP contribution >= 0.6 is 0 Å². The number of allylic oxidation sites excluding steroid dienone is 2. The van der Waals surface area contributed by atoms with Crippen molar-refractivity contribution in [3.8, 4) is 0 Å². The molecule has 32 heavy (non-hydrogen) atoms. The van der Waals surface area contributed by atoms with Crippen LogP contribution in [0.4, 0.5) is 0 Å². The fraction of sp³-hybridized carbons (Fsp3) is 0.900. The molecule has 0 saturated heterocycles. The van der Waals surface area contributed by atoms with Gasteiger partial charge in [-0.1, -0.05) is 46.3 Å². The minimum atomic E-state index is -0.572. The van der Waals surface area contributed by atoms with E-state index in [0.29, 0.717) is 40.3 Å². The number of Topliss-reactive ketones (excluding diaryl/α,β-unsaturated/α-hetero) is 1. The molecule has 0 amide bonds. The molecular formula is C30H50O2. The molecular weight excluding hydrogens is 392 g/mol. The lowest BCUT2D eigenvalue weighted by atomic mass is 9.35. The first kappa shape index (κ1) is 24.5. The lowest BCUT2D eigenvalue weighted by Gasteiger charge is -2.69. The van der Waals surface area contributed by atoms with Gasteiger partial charge >= 0.3 is 0 Å². The average molecular weight is 443 g/mol. The van der Waals surface area contributed by atoms with Crippen LogP contribution in [0.25, 0.3) is 0 Å². The molecule has 1 N–H and O–H groups in total. The minimum absolute atomic E-state index is 0.168. The van der Waals surface area contributed by atoms with Crippen molar-refractivity contribution in [2.45, 2.75) is 125 Å². The smallest absolute Gasteiger partial charge is 0.138 e. The molecule has 182 valence electrons. The molecule has 0 radical (unpaired) electrons. The number of rotatable bonds is 4. The number of fused-ring (bicyclic) bond motifs is 5. The Morgan fingerprint density at radius 2 is 1.62 bits per heavy atom. The molecule has 8 atom stereocenters. The van der Waals surface area contributed by atoms with E-state index in [1.807, 2.05) is 0 Å². The summed E-state index contributed by atoms with van der Waals surface area (Å²) in [6.45, 7) is 18.7. The van der Waals surface area contributed by atoms with Crippen molar-refractivity contribution < 1.29 is 9.90 Å². The molecule has 4 rings (SSSR count). The lowest BCUT2D eigenvalue weighted by molar-refractivity contribution is -0.207. The van der Waals surface area contributed by atoms with Crippen molar-refractivity contribution in [1.29, 1.82) is 0 Å². The van der Waals surface area contributed by atoms with Crippen LogP contribution in [0, 0.1) is 45.3 Å². The van der Waals surface area contributed by atoms with Gasteiger partial charge in [-0.15, -0.1) is 0 Å². The van der Waals surface area contributed by atoms with E-state index >= 15 is 0 Å². The second-order valence-electron chi connectivity index (χ2n) is 14.1. The van der Waals surface area contributed by atoms with Gasteiger partial charge in [-0.3, -0.25) is 4.79 Å². The normalized spacial score (nSPS) is 47.1. The predicted octanol–water partition coefficient (Wildman–Crippen LogP) is 7.74. The van der Waals surface area contributed by atoms with E-state index in [1.165, 1.54) is 44.1 Å². The third kappa shape index (κ3) is 3.32. The third-order valence-electron chi connectivity index (χ3n) is 12.1. The second kappa shape index (κ2) is 7.69. The fourth-order valence-electron chi connectivity index (χ4n) is 10.1. The highest BCUT2D eigenvalue weighted by Crippen LogP contribution is 2.75. The van der Waals surface area contributed by atoms with Crippen LogP contribution in [-0.2, 0) is 4.79 Å². The second-order valence-corrected chi connectivity index (χ2v) is 14.1. The standard InChI is InChI=1S/C30H50O2/c1-20(2)10-9-16-30(8,32)22-13-18-28(6)21(22)11-12-24-27(5)17-15-25(31)26(3,4)23(27)14-19-29(24,28)7/h10,21-24,32H,9,11-19H2,1-8H3/t21?,22-,23?,24?,27-,28+,29+,30?/m0/s1. The summed E-state index contributed by atoms with van der Waals surface area (Å²) in [5.74, 6) is 2.78. The summed E-state index contributed by atoms with van der Waals surface area (Å²) in [5.41, 5.74) is 1.52. The zero-order valence-corrected chi connectivity index (χ0v) is 22.3. The number of aliphatic hydroxyl groups is 1. The van der Waals surface area contributed by atoms with E-state index < -0.39 is 5.60 Å². The monoisotopic (exact) mass is 442 g/mol. The Balaban J connectivity index is 1.62.